The van der Waals surface area contributed by atoms with Crippen LogP contribution in [-0.4, -0.2) is 37.7 Å². The summed E-state index contributed by atoms with van der Waals surface area (Å²) in [5.41, 5.74) is 1.37. The number of hydrogen-bond donors (Lipinski definition) is 2. The van der Waals surface area contributed by atoms with E-state index in [9.17, 15) is 4.79 Å². The standard InChI is InChI=1S/C21H24N2O3/c24-21(20-15-25-18-8-4-5-9-19(18)26-20)22-17-10-12-23(13-11-17)14-16-6-2-1-3-7-16/h1-9,17,20H,10-15H2,(H,22,24)/p+1/t20-/m1/s1. The number of carbonyl (C=O) groups excluding carboxylic acids is 1. The molecule has 0 saturated carbocycles. The Labute approximate surface area is 153 Å². The van der Waals surface area contributed by atoms with Crippen molar-refractivity contribution in [2.45, 2.75) is 31.5 Å². The van der Waals surface area contributed by atoms with Crippen LogP contribution in [0.2, 0.25) is 0 Å². The summed E-state index contributed by atoms with van der Waals surface area (Å²) in [5.74, 6) is 1.27. The molecule has 26 heavy (non-hydrogen) atoms. The molecule has 2 aromatic rings. The highest BCUT2D eigenvalue weighted by Crippen LogP contribution is 2.30. The molecule has 5 heteroatoms. The fraction of sp³-hybridized carbons (Fsp3) is 0.381. The molecule has 1 saturated heterocycles. The molecule has 0 aromatic heterocycles. The van der Waals surface area contributed by atoms with Crippen LogP contribution in [0.5, 0.6) is 11.5 Å². The predicted octanol–water partition coefficient (Wildman–Crippen LogP) is 1.19. The Balaban J connectivity index is 1.25. The molecule has 2 N–H and O–H groups in total. The van der Waals surface area contributed by atoms with Crippen LogP contribution in [-0.2, 0) is 11.3 Å². The highest BCUT2D eigenvalue weighted by Gasteiger charge is 2.30. The molecule has 1 amide bonds. The normalized spacial score (nSPS) is 24.7. The molecule has 0 bridgehead atoms. The maximum Gasteiger partial charge on any atom is 0.264 e. The van der Waals surface area contributed by atoms with Gasteiger partial charge in [-0.15, -0.1) is 0 Å². The van der Waals surface area contributed by atoms with Crippen LogP contribution in [0.3, 0.4) is 0 Å². The van der Waals surface area contributed by atoms with Crippen LogP contribution in [0.1, 0.15) is 18.4 Å². The summed E-state index contributed by atoms with van der Waals surface area (Å²) in [6.45, 7) is 3.47. The third-order valence-electron chi connectivity index (χ3n) is 5.14. The molecule has 2 aliphatic heterocycles. The lowest BCUT2D eigenvalue weighted by molar-refractivity contribution is -0.918. The summed E-state index contributed by atoms with van der Waals surface area (Å²) in [7, 11) is 0. The number of ether oxygens (including phenoxy) is 2. The minimum Gasteiger partial charge on any atom is -0.485 e. The Hall–Kier alpha value is -2.53. The zero-order chi connectivity index (χ0) is 17.8. The van der Waals surface area contributed by atoms with Crippen LogP contribution in [0, 0.1) is 0 Å². The van der Waals surface area contributed by atoms with E-state index in [0.29, 0.717) is 11.5 Å². The van der Waals surface area contributed by atoms with Crippen LogP contribution in [0.25, 0.3) is 0 Å². The summed E-state index contributed by atoms with van der Waals surface area (Å²) >= 11 is 0. The quantitative estimate of drug-likeness (QED) is 0.868. The van der Waals surface area contributed by atoms with Crippen molar-refractivity contribution >= 4 is 5.91 Å². The van der Waals surface area contributed by atoms with Gasteiger partial charge in [0.25, 0.3) is 5.91 Å². The molecule has 2 heterocycles. The topological polar surface area (TPSA) is 52.0 Å². The first kappa shape index (κ1) is 16.9. The lowest BCUT2D eigenvalue weighted by atomic mass is 10.0. The fourth-order valence-electron chi connectivity index (χ4n) is 3.67. The summed E-state index contributed by atoms with van der Waals surface area (Å²) in [6.07, 6.45) is 1.43. The Morgan fingerprint density at radius 1 is 1.00 bits per heavy atom. The second kappa shape index (κ2) is 7.79. The van der Waals surface area contributed by atoms with E-state index in [-0.39, 0.29) is 18.6 Å². The number of nitrogens with one attached hydrogen (secondary N) is 2. The smallest absolute Gasteiger partial charge is 0.264 e. The molecule has 1 fully saturated rings. The summed E-state index contributed by atoms with van der Waals surface area (Å²) in [4.78, 5) is 14.1. The van der Waals surface area contributed by atoms with Gasteiger partial charge in [0.2, 0.25) is 6.10 Å². The Morgan fingerprint density at radius 2 is 1.69 bits per heavy atom. The molecule has 5 nitrogen and oxygen atoms in total. The van der Waals surface area contributed by atoms with E-state index >= 15 is 0 Å². The SMILES string of the molecule is O=C(NC1CC[NH+](Cc2ccccc2)CC1)[C@H]1COc2ccccc2O1. The molecule has 4 rings (SSSR count). The summed E-state index contributed by atoms with van der Waals surface area (Å²) in [6, 6.07) is 18.3. The third-order valence-corrected chi connectivity index (χ3v) is 5.14. The molecule has 1 atom stereocenters. The number of likely N-dealkylation sites (tertiary alicyclic amines) is 1. The van der Waals surface area contributed by atoms with Crippen molar-refractivity contribution in [2.75, 3.05) is 19.7 Å². The second-order valence-corrected chi connectivity index (χ2v) is 7.06. The van der Waals surface area contributed by atoms with E-state index in [1.165, 1.54) is 5.56 Å². The van der Waals surface area contributed by atoms with Gasteiger partial charge in [-0.1, -0.05) is 42.5 Å². The minimum absolute atomic E-state index is 0.0731. The van der Waals surface area contributed by atoms with Gasteiger partial charge < -0.3 is 19.7 Å². The largest absolute Gasteiger partial charge is 0.485 e. The molecule has 0 radical (unpaired) electrons. The monoisotopic (exact) mass is 353 g/mol. The molecule has 2 aliphatic rings. The number of amides is 1. The Morgan fingerprint density at radius 3 is 2.46 bits per heavy atom. The van der Waals surface area contributed by atoms with Crippen molar-refractivity contribution in [1.82, 2.24) is 5.32 Å². The van der Waals surface area contributed by atoms with E-state index < -0.39 is 6.10 Å². The van der Waals surface area contributed by atoms with E-state index in [4.69, 9.17) is 9.47 Å². The van der Waals surface area contributed by atoms with Crippen LogP contribution in [0.15, 0.2) is 54.6 Å². The zero-order valence-electron chi connectivity index (χ0n) is 14.8. The molecule has 2 aromatic carbocycles. The maximum atomic E-state index is 12.5. The van der Waals surface area contributed by atoms with Crippen molar-refractivity contribution in [3.63, 3.8) is 0 Å². The van der Waals surface area contributed by atoms with E-state index in [2.05, 4.69) is 35.6 Å². The predicted molar refractivity (Wildman–Crippen MR) is 98.4 cm³/mol. The number of rotatable bonds is 4. The number of para-hydroxylation sites is 2. The first-order valence-electron chi connectivity index (χ1n) is 9.34. The van der Waals surface area contributed by atoms with E-state index in [1.54, 1.807) is 4.90 Å². The van der Waals surface area contributed by atoms with Gasteiger partial charge in [-0.2, -0.15) is 0 Å². The number of benzene rings is 2. The van der Waals surface area contributed by atoms with E-state index in [1.807, 2.05) is 24.3 Å². The molecule has 136 valence electrons. The molecule has 0 spiro atoms. The molecular formula is C21H25N2O3+. The van der Waals surface area contributed by atoms with Gasteiger partial charge in [-0.25, -0.2) is 0 Å². The first-order valence-corrected chi connectivity index (χ1v) is 9.34. The Bertz CT molecular complexity index is 742. The average Bonchev–Trinajstić information content (AvgIpc) is 2.70. The average molecular weight is 353 g/mol. The van der Waals surface area contributed by atoms with Crippen LogP contribution >= 0.6 is 0 Å². The van der Waals surface area contributed by atoms with Gasteiger partial charge >= 0.3 is 0 Å². The van der Waals surface area contributed by atoms with Gasteiger partial charge in [0.15, 0.2) is 11.5 Å². The molecule has 0 unspecified atom stereocenters. The van der Waals surface area contributed by atoms with Crippen molar-refractivity contribution in [3.8, 4) is 11.5 Å². The van der Waals surface area contributed by atoms with E-state index in [0.717, 1.165) is 32.5 Å². The van der Waals surface area contributed by atoms with Gasteiger partial charge in [0, 0.05) is 24.4 Å². The number of hydrogen-bond acceptors (Lipinski definition) is 3. The fourth-order valence-corrected chi connectivity index (χ4v) is 3.67. The lowest BCUT2D eigenvalue weighted by Crippen LogP contribution is -3.12. The van der Waals surface area contributed by atoms with Gasteiger partial charge in [-0.05, 0) is 12.1 Å². The van der Waals surface area contributed by atoms with Crippen molar-refractivity contribution in [1.29, 1.82) is 0 Å². The van der Waals surface area contributed by atoms with Gasteiger partial charge in [-0.3, -0.25) is 4.79 Å². The van der Waals surface area contributed by atoms with Crippen LogP contribution < -0.4 is 19.7 Å². The highest BCUT2D eigenvalue weighted by atomic mass is 16.6. The van der Waals surface area contributed by atoms with Crippen molar-refractivity contribution < 1.29 is 19.2 Å². The second-order valence-electron chi connectivity index (χ2n) is 7.06. The van der Waals surface area contributed by atoms with Gasteiger partial charge in [0.1, 0.15) is 13.2 Å². The number of carbonyl (C=O) groups is 1. The Kier molecular flexibility index (Phi) is 5.07. The van der Waals surface area contributed by atoms with Crippen molar-refractivity contribution in [3.05, 3.63) is 60.2 Å². The first-order chi connectivity index (χ1) is 12.8. The third kappa shape index (κ3) is 3.99. The maximum absolute atomic E-state index is 12.5. The lowest BCUT2D eigenvalue weighted by Gasteiger charge is -2.31. The van der Waals surface area contributed by atoms with Crippen LogP contribution in [0.4, 0.5) is 0 Å². The summed E-state index contributed by atoms with van der Waals surface area (Å²) in [5, 5.41) is 3.15. The number of piperidine rings is 1. The zero-order valence-corrected chi connectivity index (χ0v) is 14.8. The van der Waals surface area contributed by atoms with Crippen molar-refractivity contribution in [2.24, 2.45) is 0 Å². The van der Waals surface area contributed by atoms with Gasteiger partial charge in [0.05, 0.1) is 13.1 Å². The highest BCUT2D eigenvalue weighted by molar-refractivity contribution is 5.82. The molecular weight excluding hydrogens is 328 g/mol. The molecule has 0 aliphatic carbocycles. The number of quaternary nitrogens is 1. The minimum atomic E-state index is -0.570. The number of fused-ring (bicyclic) bond motifs is 1. The summed E-state index contributed by atoms with van der Waals surface area (Å²) < 4.78 is 11.4.